The minimum absolute atomic E-state index is 0.279. The number of aromatic nitrogens is 2. The first kappa shape index (κ1) is 12.2. The summed E-state index contributed by atoms with van der Waals surface area (Å²) in [4.78, 5) is 4.28. The highest BCUT2D eigenvalue weighted by atomic mass is 79.9. The molecule has 3 rings (SSSR count). The van der Waals surface area contributed by atoms with Gasteiger partial charge in [-0.15, -0.1) is 0 Å². The van der Waals surface area contributed by atoms with E-state index in [1.165, 1.54) is 6.07 Å². The van der Waals surface area contributed by atoms with Gasteiger partial charge in [0.1, 0.15) is 5.82 Å². The van der Waals surface area contributed by atoms with E-state index in [-0.39, 0.29) is 11.8 Å². The number of anilines is 1. The normalized spacial score (nSPS) is 11.1. The molecule has 1 heterocycles. The zero-order valence-corrected chi connectivity index (χ0v) is 11.8. The van der Waals surface area contributed by atoms with Crippen LogP contribution in [0.5, 0.6) is 0 Å². The van der Waals surface area contributed by atoms with Crippen molar-refractivity contribution >= 4 is 32.9 Å². The Labute approximate surface area is 118 Å². The lowest BCUT2D eigenvalue weighted by atomic mass is 10.2. The van der Waals surface area contributed by atoms with Gasteiger partial charge in [-0.05, 0) is 36.8 Å². The third-order valence-corrected chi connectivity index (χ3v) is 3.55. The summed E-state index contributed by atoms with van der Waals surface area (Å²) in [6, 6.07) is 10.5. The third kappa shape index (κ3) is 1.90. The summed E-state index contributed by atoms with van der Waals surface area (Å²) in [7, 11) is 0. The van der Waals surface area contributed by atoms with E-state index in [2.05, 4.69) is 20.9 Å². The molecule has 0 fully saturated rings. The van der Waals surface area contributed by atoms with Crippen LogP contribution in [-0.4, -0.2) is 9.55 Å². The van der Waals surface area contributed by atoms with Crippen LogP contribution in [0.3, 0.4) is 0 Å². The number of aryl methyl sites for hydroxylation is 1. The van der Waals surface area contributed by atoms with Crippen molar-refractivity contribution in [2.24, 2.45) is 0 Å². The predicted octanol–water partition coefficient (Wildman–Crippen LogP) is 3.82. The zero-order valence-electron chi connectivity index (χ0n) is 10.2. The van der Waals surface area contributed by atoms with Crippen LogP contribution in [0.15, 0.2) is 40.9 Å². The monoisotopic (exact) mass is 319 g/mol. The van der Waals surface area contributed by atoms with Crippen molar-refractivity contribution in [3.8, 4) is 5.69 Å². The van der Waals surface area contributed by atoms with Crippen LogP contribution >= 0.6 is 15.9 Å². The molecule has 1 aromatic heterocycles. The average Bonchev–Trinajstić information content (AvgIpc) is 2.70. The highest BCUT2D eigenvalue weighted by Gasteiger charge is 2.15. The van der Waals surface area contributed by atoms with E-state index in [1.807, 2.05) is 25.1 Å². The van der Waals surface area contributed by atoms with Crippen LogP contribution in [0.4, 0.5) is 10.3 Å². The number of rotatable bonds is 1. The fraction of sp³-hybridized carbons (Fsp3) is 0.0714. The van der Waals surface area contributed by atoms with Crippen molar-refractivity contribution in [2.75, 3.05) is 5.73 Å². The minimum Gasteiger partial charge on any atom is -0.369 e. The molecule has 0 spiro atoms. The number of hydrogen-bond donors (Lipinski definition) is 1. The molecule has 0 saturated heterocycles. The Kier molecular flexibility index (Phi) is 2.78. The molecule has 96 valence electrons. The van der Waals surface area contributed by atoms with E-state index in [0.29, 0.717) is 5.69 Å². The summed E-state index contributed by atoms with van der Waals surface area (Å²) in [6.07, 6.45) is 0. The van der Waals surface area contributed by atoms with Gasteiger partial charge in [0.2, 0.25) is 5.95 Å². The van der Waals surface area contributed by atoms with E-state index in [1.54, 1.807) is 16.7 Å². The quantitative estimate of drug-likeness (QED) is 0.741. The van der Waals surface area contributed by atoms with Gasteiger partial charge < -0.3 is 5.73 Å². The third-order valence-electron chi connectivity index (χ3n) is 3.05. The van der Waals surface area contributed by atoms with Crippen LogP contribution in [0.2, 0.25) is 0 Å². The number of nitrogens with two attached hydrogens (primary N) is 1. The Balaban J connectivity index is 2.42. The van der Waals surface area contributed by atoms with Crippen molar-refractivity contribution in [3.63, 3.8) is 0 Å². The second-order valence-corrected chi connectivity index (χ2v) is 5.26. The summed E-state index contributed by atoms with van der Waals surface area (Å²) in [5, 5.41) is 0. The van der Waals surface area contributed by atoms with Gasteiger partial charge in [0, 0.05) is 4.47 Å². The summed E-state index contributed by atoms with van der Waals surface area (Å²) in [6.45, 7) is 1.95. The van der Waals surface area contributed by atoms with E-state index in [0.717, 1.165) is 21.1 Å². The predicted molar refractivity (Wildman–Crippen MR) is 77.9 cm³/mol. The van der Waals surface area contributed by atoms with Gasteiger partial charge in [0.05, 0.1) is 16.7 Å². The maximum absolute atomic E-state index is 14.0. The minimum atomic E-state index is -0.336. The van der Waals surface area contributed by atoms with Crippen LogP contribution in [0.25, 0.3) is 16.7 Å². The molecule has 0 saturated carbocycles. The lowest BCUT2D eigenvalue weighted by Gasteiger charge is -2.09. The molecule has 0 atom stereocenters. The lowest BCUT2D eigenvalue weighted by molar-refractivity contribution is 0.619. The summed E-state index contributed by atoms with van der Waals surface area (Å²) < 4.78 is 16.5. The summed E-state index contributed by atoms with van der Waals surface area (Å²) >= 11 is 3.35. The SMILES string of the molecule is Cc1cccc2nc(N)n(-c3cc(Br)ccc3F)c12. The lowest BCUT2D eigenvalue weighted by Crippen LogP contribution is -2.03. The molecule has 2 aromatic carbocycles. The number of nitrogens with zero attached hydrogens (tertiary/aromatic N) is 2. The van der Waals surface area contributed by atoms with Crippen molar-refractivity contribution in [1.29, 1.82) is 0 Å². The van der Waals surface area contributed by atoms with Crippen LogP contribution in [0.1, 0.15) is 5.56 Å². The van der Waals surface area contributed by atoms with Gasteiger partial charge in [0.25, 0.3) is 0 Å². The number of fused-ring (bicyclic) bond motifs is 1. The molecule has 3 aromatic rings. The van der Waals surface area contributed by atoms with E-state index in [9.17, 15) is 4.39 Å². The van der Waals surface area contributed by atoms with Gasteiger partial charge in [-0.3, -0.25) is 4.57 Å². The molecule has 2 N–H and O–H groups in total. The first-order valence-electron chi connectivity index (χ1n) is 5.77. The smallest absolute Gasteiger partial charge is 0.206 e. The molecule has 0 aliphatic heterocycles. The van der Waals surface area contributed by atoms with Crippen molar-refractivity contribution in [2.45, 2.75) is 6.92 Å². The Morgan fingerprint density at radius 1 is 1.26 bits per heavy atom. The molecule has 19 heavy (non-hydrogen) atoms. The average molecular weight is 320 g/mol. The number of nitrogen functional groups attached to an aromatic ring is 1. The number of benzene rings is 2. The van der Waals surface area contributed by atoms with Gasteiger partial charge in [-0.2, -0.15) is 0 Å². The van der Waals surface area contributed by atoms with Gasteiger partial charge in [-0.1, -0.05) is 28.1 Å². The number of imidazole rings is 1. The van der Waals surface area contributed by atoms with Gasteiger partial charge in [0.15, 0.2) is 0 Å². The fourth-order valence-electron chi connectivity index (χ4n) is 2.21. The largest absolute Gasteiger partial charge is 0.369 e. The van der Waals surface area contributed by atoms with Gasteiger partial charge >= 0.3 is 0 Å². The summed E-state index contributed by atoms with van der Waals surface area (Å²) in [5.41, 5.74) is 8.93. The second kappa shape index (κ2) is 4.35. The van der Waals surface area contributed by atoms with Gasteiger partial charge in [-0.25, -0.2) is 9.37 Å². The van der Waals surface area contributed by atoms with E-state index in [4.69, 9.17) is 5.73 Å². The van der Waals surface area contributed by atoms with E-state index < -0.39 is 0 Å². The van der Waals surface area contributed by atoms with E-state index >= 15 is 0 Å². The standard InChI is InChI=1S/C14H11BrFN3/c1-8-3-2-4-11-13(8)19(14(17)18-11)12-7-9(15)5-6-10(12)16/h2-7H,1H3,(H2,17,18). The maximum Gasteiger partial charge on any atom is 0.206 e. The van der Waals surface area contributed by atoms with Crippen LogP contribution in [-0.2, 0) is 0 Å². The van der Waals surface area contributed by atoms with Crippen molar-refractivity contribution in [3.05, 3.63) is 52.3 Å². The molecule has 0 unspecified atom stereocenters. The fourth-order valence-corrected chi connectivity index (χ4v) is 2.56. The Morgan fingerprint density at radius 2 is 2.05 bits per heavy atom. The molecule has 0 aliphatic rings. The second-order valence-electron chi connectivity index (χ2n) is 4.34. The maximum atomic E-state index is 14.0. The molecular formula is C14H11BrFN3. The Hall–Kier alpha value is -1.88. The first-order valence-corrected chi connectivity index (χ1v) is 6.56. The van der Waals surface area contributed by atoms with Crippen LogP contribution in [0, 0.1) is 12.7 Å². The topological polar surface area (TPSA) is 43.8 Å². The number of halogens is 2. The van der Waals surface area contributed by atoms with Crippen LogP contribution < -0.4 is 5.73 Å². The summed E-state index contributed by atoms with van der Waals surface area (Å²) in [5.74, 6) is -0.0567. The molecule has 3 nitrogen and oxygen atoms in total. The Morgan fingerprint density at radius 3 is 2.84 bits per heavy atom. The first-order chi connectivity index (χ1) is 9.08. The zero-order chi connectivity index (χ0) is 13.6. The number of hydrogen-bond acceptors (Lipinski definition) is 2. The Bertz CT molecular complexity index is 780. The number of para-hydroxylation sites is 1. The van der Waals surface area contributed by atoms with Crippen molar-refractivity contribution < 1.29 is 4.39 Å². The molecular weight excluding hydrogens is 309 g/mol. The highest BCUT2D eigenvalue weighted by molar-refractivity contribution is 9.10. The molecule has 0 amide bonds. The molecule has 5 heteroatoms. The highest BCUT2D eigenvalue weighted by Crippen LogP contribution is 2.28. The van der Waals surface area contributed by atoms with Crippen molar-refractivity contribution in [1.82, 2.24) is 9.55 Å². The molecule has 0 aliphatic carbocycles. The molecule has 0 radical (unpaired) electrons. The molecule has 0 bridgehead atoms.